The molecule has 6 nitrogen and oxygen atoms in total. The van der Waals surface area contributed by atoms with Gasteiger partial charge in [-0.15, -0.1) is 0 Å². The second kappa shape index (κ2) is 8.74. The maximum atomic E-state index is 12.0. The summed E-state index contributed by atoms with van der Waals surface area (Å²) in [6.07, 6.45) is 2.01. The molecule has 1 heterocycles. The molecule has 3 rings (SSSR count). The van der Waals surface area contributed by atoms with Crippen LogP contribution < -0.4 is 15.4 Å². The monoisotopic (exact) mass is 510 g/mol. The largest absolute Gasteiger partial charge is 0.494 e. The smallest absolute Gasteiger partial charge is 0.328 e. The van der Waals surface area contributed by atoms with Crippen LogP contribution in [0.3, 0.4) is 0 Å². The first-order chi connectivity index (χ1) is 13.4. The Labute approximate surface area is 180 Å². The minimum absolute atomic E-state index is 0.142. The Morgan fingerprint density at radius 1 is 1.11 bits per heavy atom. The van der Waals surface area contributed by atoms with Gasteiger partial charge in [0.05, 0.1) is 6.61 Å². The van der Waals surface area contributed by atoms with Gasteiger partial charge in [-0.25, -0.2) is 4.79 Å². The van der Waals surface area contributed by atoms with Crippen molar-refractivity contribution in [2.24, 2.45) is 0 Å². The van der Waals surface area contributed by atoms with Gasteiger partial charge < -0.3 is 4.74 Å². The van der Waals surface area contributed by atoms with Crippen LogP contribution in [-0.4, -0.2) is 24.5 Å². The van der Waals surface area contributed by atoms with Gasteiger partial charge in [0.25, 0.3) is 11.8 Å². The Bertz CT molecular complexity index is 982. The summed E-state index contributed by atoms with van der Waals surface area (Å²) in [5.41, 5.74) is 2.41. The number of barbiturate groups is 1. The van der Waals surface area contributed by atoms with Crippen molar-refractivity contribution in [3.63, 3.8) is 0 Å². The highest BCUT2D eigenvalue weighted by Gasteiger charge is 2.27. The van der Waals surface area contributed by atoms with E-state index in [-0.39, 0.29) is 5.57 Å². The molecule has 1 aliphatic rings. The normalized spacial score (nSPS) is 13.8. The second-order valence-corrected chi connectivity index (χ2v) is 7.55. The van der Waals surface area contributed by atoms with Crippen LogP contribution in [-0.2, 0) is 16.0 Å². The number of carbonyl (C=O) groups is 3. The van der Waals surface area contributed by atoms with Gasteiger partial charge in [0.1, 0.15) is 11.3 Å². The Balaban J connectivity index is 2.00. The molecule has 0 radical (unpaired) electrons. The van der Waals surface area contributed by atoms with Crippen LogP contribution in [0.1, 0.15) is 23.6 Å². The highest BCUT2D eigenvalue weighted by atomic mass is 127. The fourth-order valence-corrected chi connectivity index (χ4v) is 3.79. The number of benzene rings is 2. The molecular formula is C20H16ClIN2O4. The van der Waals surface area contributed by atoms with Crippen molar-refractivity contribution in [3.05, 3.63) is 67.3 Å². The zero-order valence-electron chi connectivity index (χ0n) is 14.8. The summed E-state index contributed by atoms with van der Waals surface area (Å²) in [5.74, 6) is -0.822. The zero-order valence-corrected chi connectivity index (χ0v) is 17.8. The molecule has 0 bridgehead atoms. The van der Waals surface area contributed by atoms with E-state index in [1.54, 1.807) is 6.07 Å². The summed E-state index contributed by atoms with van der Waals surface area (Å²) >= 11 is 8.48. The molecule has 144 valence electrons. The van der Waals surface area contributed by atoms with Gasteiger partial charge in [-0.3, -0.25) is 20.2 Å². The third-order valence-electron chi connectivity index (χ3n) is 4.06. The van der Waals surface area contributed by atoms with Gasteiger partial charge in [-0.05, 0) is 64.9 Å². The Morgan fingerprint density at radius 2 is 1.79 bits per heavy atom. The van der Waals surface area contributed by atoms with E-state index in [1.165, 1.54) is 6.08 Å². The molecule has 0 spiro atoms. The second-order valence-electron chi connectivity index (χ2n) is 5.98. The van der Waals surface area contributed by atoms with E-state index in [0.717, 1.165) is 14.7 Å². The lowest BCUT2D eigenvalue weighted by Crippen LogP contribution is -2.51. The number of rotatable bonds is 5. The van der Waals surface area contributed by atoms with Gasteiger partial charge in [0.2, 0.25) is 0 Å². The van der Waals surface area contributed by atoms with Gasteiger partial charge in [-0.2, -0.15) is 0 Å². The summed E-state index contributed by atoms with van der Waals surface area (Å²) in [6.45, 7) is 2.34. The highest BCUT2D eigenvalue weighted by molar-refractivity contribution is 14.1. The maximum absolute atomic E-state index is 12.0. The average Bonchev–Trinajstić information content (AvgIpc) is 2.63. The summed E-state index contributed by atoms with van der Waals surface area (Å²) in [5, 5.41) is 4.79. The molecule has 8 heteroatoms. The van der Waals surface area contributed by atoms with Gasteiger partial charge >= 0.3 is 6.03 Å². The highest BCUT2D eigenvalue weighted by Crippen LogP contribution is 2.31. The van der Waals surface area contributed by atoms with Crippen molar-refractivity contribution in [2.75, 3.05) is 6.61 Å². The minimum atomic E-state index is -0.827. The third kappa shape index (κ3) is 4.53. The van der Waals surface area contributed by atoms with Gasteiger partial charge in [-0.1, -0.05) is 29.8 Å². The molecule has 0 aliphatic carbocycles. The summed E-state index contributed by atoms with van der Waals surface area (Å²) in [6, 6.07) is 10.4. The summed E-state index contributed by atoms with van der Waals surface area (Å²) in [7, 11) is 0. The summed E-state index contributed by atoms with van der Waals surface area (Å²) in [4.78, 5) is 35.1. The number of imide groups is 2. The lowest BCUT2D eigenvalue weighted by atomic mass is 10.0. The number of hydrogen-bond acceptors (Lipinski definition) is 4. The van der Waals surface area contributed by atoms with Crippen molar-refractivity contribution in [3.8, 4) is 5.75 Å². The molecular weight excluding hydrogens is 495 g/mol. The van der Waals surface area contributed by atoms with Crippen LogP contribution in [0.25, 0.3) is 6.08 Å². The molecule has 1 fully saturated rings. The quantitative estimate of drug-likeness (QED) is 0.365. The number of halogens is 2. The molecule has 2 aromatic carbocycles. The van der Waals surface area contributed by atoms with Crippen LogP contribution in [0, 0.1) is 3.57 Å². The molecule has 4 amide bonds. The maximum Gasteiger partial charge on any atom is 0.328 e. The lowest BCUT2D eigenvalue weighted by Gasteiger charge is -2.16. The number of nitrogens with one attached hydrogen (secondary N) is 2. The fourth-order valence-electron chi connectivity index (χ4n) is 2.78. The lowest BCUT2D eigenvalue weighted by molar-refractivity contribution is -0.123. The van der Waals surface area contributed by atoms with E-state index in [9.17, 15) is 14.4 Å². The van der Waals surface area contributed by atoms with Gasteiger partial charge in [0.15, 0.2) is 0 Å². The zero-order chi connectivity index (χ0) is 20.3. The van der Waals surface area contributed by atoms with E-state index >= 15 is 0 Å². The first-order valence-corrected chi connectivity index (χ1v) is 9.91. The number of amides is 4. The van der Waals surface area contributed by atoms with E-state index in [2.05, 4.69) is 33.2 Å². The topological polar surface area (TPSA) is 84.5 Å². The summed E-state index contributed by atoms with van der Waals surface area (Å²) < 4.78 is 6.70. The van der Waals surface area contributed by atoms with Gasteiger partial charge in [0, 0.05) is 20.6 Å². The fraction of sp³-hybridized carbons (Fsp3) is 0.150. The van der Waals surface area contributed by atoms with Crippen LogP contribution >= 0.6 is 34.2 Å². The molecule has 2 N–H and O–H groups in total. The first kappa shape index (κ1) is 20.3. The molecule has 0 atom stereocenters. The van der Waals surface area contributed by atoms with Crippen LogP contribution in [0.4, 0.5) is 4.79 Å². The van der Waals surface area contributed by atoms with Crippen molar-refractivity contribution in [1.82, 2.24) is 10.6 Å². The standard InChI is InChI=1S/C20H16ClIN2O4/c1-2-28-17-9-11(7-14-18(25)23-20(27)24-19(14)26)8-16(22)13(17)10-12-5-3-4-6-15(12)21/h3-9H,2,10H2,1H3,(H2,23,24,25,26,27). The van der Waals surface area contributed by atoms with E-state index in [4.69, 9.17) is 16.3 Å². The molecule has 1 saturated heterocycles. The Kier molecular flexibility index (Phi) is 6.35. The number of carbonyl (C=O) groups excluding carboxylic acids is 3. The molecule has 0 aromatic heterocycles. The average molecular weight is 511 g/mol. The molecule has 28 heavy (non-hydrogen) atoms. The first-order valence-electron chi connectivity index (χ1n) is 8.46. The number of ether oxygens (including phenoxy) is 1. The Morgan fingerprint density at radius 3 is 2.43 bits per heavy atom. The predicted molar refractivity (Wildman–Crippen MR) is 114 cm³/mol. The third-order valence-corrected chi connectivity index (χ3v) is 5.39. The molecule has 2 aromatic rings. The van der Waals surface area contributed by atoms with Crippen LogP contribution in [0.5, 0.6) is 5.75 Å². The van der Waals surface area contributed by atoms with Crippen LogP contribution in [0.15, 0.2) is 42.0 Å². The Hall–Kier alpha value is -2.39. The minimum Gasteiger partial charge on any atom is -0.494 e. The van der Waals surface area contributed by atoms with Crippen molar-refractivity contribution < 1.29 is 19.1 Å². The van der Waals surface area contributed by atoms with E-state index < -0.39 is 17.8 Å². The van der Waals surface area contributed by atoms with Crippen molar-refractivity contribution >= 4 is 58.1 Å². The SMILES string of the molecule is CCOc1cc(C=C2C(=O)NC(=O)NC2=O)cc(I)c1Cc1ccccc1Cl. The molecule has 1 aliphatic heterocycles. The van der Waals surface area contributed by atoms with Crippen LogP contribution in [0.2, 0.25) is 5.02 Å². The predicted octanol–water partition coefficient (Wildman–Crippen LogP) is 3.68. The van der Waals surface area contributed by atoms with Crippen molar-refractivity contribution in [2.45, 2.75) is 13.3 Å². The number of urea groups is 1. The van der Waals surface area contributed by atoms with Crippen molar-refractivity contribution in [1.29, 1.82) is 0 Å². The van der Waals surface area contributed by atoms with E-state index in [0.29, 0.717) is 29.4 Å². The molecule has 0 saturated carbocycles. The molecule has 0 unspecified atom stereocenters. The number of hydrogen-bond donors (Lipinski definition) is 2. The van der Waals surface area contributed by atoms with E-state index in [1.807, 2.05) is 37.3 Å².